The quantitative estimate of drug-likeness (QED) is 0.815. The second-order valence-corrected chi connectivity index (χ2v) is 6.33. The van der Waals surface area contributed by atoms with Crippen molar-refractivity contribution in [3.05, 3.63) is 24.3 Å². The molecule has 2 aromatic rings. The summed E-state index contributed by atoms with van der Waals surface area (Å²) in [5.41, 5.74) is 0.943. The van der Waals surface area contributed by atoms with Gasteiger partial charge in [0.1, 0.15) is 0 Å². The van der Waals surface area contributed by atoms with Crippen molar-refractivity contribution in [2.45, 2.75) is 19.6 Å². The number of likely N-dealkylation sites (tertiary alicyclic amines) is 1. The molecule has 9 nitrogen and oxygen atoms in total. The van der Waals surface area contributed by atoms with Gasteiger partial charge < -0.3 is 15.3 Å². The summed E-state index contributed by atoms with van der Waals surface area (Å²) in [6.07, 6.45) is -4.70. The Morgan fingerprint density at radius 1 is 1.32 bits per heavy atom. The number of alkyl halides is 3. The van der Waals surface area contributed by atoms with E-state index in [9.17, 15) is 22.8 Å². The Bertz CT molecular complexity index is 885. The van der Waals surface area contributed by atoms with Crippen molar-refractivity contribution < 1.29 is 27.9 Å². The fourth-order valence-corrected chi connectivity index (χ4v) is 3.11. The molecule has 1 aromatic heterocycles. The third-order valence-electron chi connectivity index (χ3n) is 4.55. The SMILES string of the molecule is CCn1nnnc1-c1cccc(NC(=O)N2C[C@@H](C(F)(F)F)[C@H](C(=O)O)C2)c1. The van der Waals surface area contributed by atoms with Gasteiger partial charge in [0.15, 0.2) is 5.82 Å². The Balaban J connectivity index is 1.75. The van der Waals surface area contributed by atoms with Crippen LogP contribution in [0.2, 0.25) is 0 Å². The minimum Gasteiger partial charge on any atom is -0.481 e. The second-order valence-electron chi connectivity index (χ2n) is 6.33. The van der Waals surface area contributed by atoms with Gasteiger partial charge in [-0.2, -0.15) is 13.2 Å². The van der Waals surface area contributed by atoms with E-state index in [0.717, 1.165) is 4.90 Å². The van der Waals surface area contributed by atoms with Crippen molar-refractivity contribution in [1.82, 2.24) is 25.1 Å². The molecule has 150 valence electrons. The molecule has 28 heavy (non-hydrogen) atoms. The minimum absolute atomic E-state index is 0.329. The first kappa shape index (κ1) is 19.6. The van der Waals surface area contributed by atoms with Gasteiger partial charge in [0.25, 0.3) is 0 Å². The predicted octanol–water partition coefficient (Wildman–Crippen LogP) is 2.09. The van der Waals surface area contributed by atoms with Crippen molar-refractivity contribution in [3.63, 3.8) is 0 Å². The first-order valence-corrected chi connectivity index (χ1v) is 8.42. The lowest BCUT2D eigenvalue weighted by Gasteiger charge is -2.19. The van der Waals surface area contributed by atoms with E-state index in [0.29, 0.717) is 23.6 Å². The first-order valence-electron chi connectivity index (χ1n) is 8.42. The van der Waals surface area contributed by atoms with Crippen LogP contribution < -0.4 is 5.32 Å². The number of aromatic nitrogens is 4. The standard InChI is InChI=1S/C16H17F3N6O3/c1-2-25-13(21-22-23-25)9-4-3-5-10(6-9)20-15(28)24-7-11(14(26)27)12(8-24)16(17,18)19/h3-6,11-12H,2,7-8H2,1H3,(H,20,28)(H,26,27)/t11-,12-/m1/s1. The maximum Gasteiger partial charge on any atom is 0.394 e. The molecule has 1 aliphatic rings. The van der Waals surface area contributed by atoms with Gasteiger partial charge in [-0.1, -0.05) is 12.1 Å². The van der Waals surface area contributed by atoms with E-state index in [1.54, 1.807) is 28.9 Å². The van der Waals surface area contributed by atoms with Crippen LogP contribution in [0.4, 0.5) is 23.7 Å². The number of benzene rings is 1. The molecular weight excluding hydrogens is 381 g/mol. The second kappa shape index (κ2) is 7.44. The number of urea groups is 1. The summed E-state index contributed by atoms with van der Waals surface area (Å²) in [6, 6.07) is 5.71. The normalized spacial score (nSPS) is 19.6. The average Bonchev–Trinajstić information content (AvgIpc) is 3.28. The number of tetrazole rings is 1. The molecule has 1 aliphatic heterocycles. The molecule has 0 saturated carbocycles. The Morgan fingerprint density at radius 2 is 2.07 bits per heavy atom. The molecule has 2 amide bonds. The van der Waals surface area contributed by atoms with Crippen LogP contribution >= 0.6 is 0 Å². The van der Waals surface area contributed by atoms with Crippen molar-refractivity contribution >= 4 is 17.7 Å². The van der Waals surface area contributed by atoms with Crippen molar-refractivity contribution in [2.24, 2.45) is 11.8 Å². The first-order chi connectivity index (χ1) is 13.2. The summed E-state index contributed by atoms with van der Waals surface area (Å²) < 4.78 is 40.8. The van der Waals surface area contributed by atoms with Crippen LogP contribution in [0.3, 0.4) is 0 Å². The number of rotatable bonds is 4. The molecule has 0 spiro atoms. The zero-order valence-corrected chi connectivity index (χ0v) is 14.7. The number of hydrogen-bond acceptors (Lipinski definition) is 5. The summed E-state index contributed by atoms with van der Waals surface area (Å²) in [7, 11) is 0. The highest BCUT2D eigenvalue weighted by Gasteiger charge is 2.53. The van der Waals surface area contributed by atoms with Crippen LogP contribution in [0.15, 0.2) is 24.3 Å². The van der Waals surface area contributed by atoms with Crippen LogP contribution in [0.1, 0.15) is 6.92 Å². The van der Waals surface area contributed by atoms with E-state index >= 15 is 0 Å². The molecule has 1 fully saturated rings. The van der Waals surface area contributed by atoms with Gasteiger partial charge in [-0.15, -0.1) is 5.10 Å². The van der Waals surface area contributed by atoms with Crippen LogP contribution in [-0.2, 0) is 11.3 Å². The van der Waals surface area contributed by atoms with Gasteiger partial charge in [-0.25, -0.2) is 9.48 Å². The molecule has 1 saturated heterocycles. The Morgan fingerprint density at radius 3 is 2.68 bits per heavy atom. The highest BCUT2D eigenvalue weighted by molar-refractivity contribution is 5.90. The highest BCUT2D eigenvalue weighted by Crippen LogP contribution is 2.38. The van der Waals surface area contributed by atoms with Gasteiger partial charge in [0, 0.05) is 30.9 Å². The van der Waals surface area contributed by atoms with E-state index in [1.165, 1.54) is 0 Å². The predicted molar refractivity (Wildman–Crippen MR) is 90.2 cm³/mol. The Kier molecular flexibility index (Phi) is 5.21. The molecule has 2 atom stereocenters. The van der Waals surface area contributed by atoms with E-state index in [1.807, 2.05) is 6.92 Å². The Labute approximate surface area is 157 Å². The number of carbonyl (C=O) groups is 2. The number of aryl methyl sites for hydroxylation is 1. The number of hydrogen-bond donors (Lipinski definition) is 2. The zero-order chi connectivity index (χ0) is 20.5. The number of nitrogens with zero attached hydrogens (tertiary/aromatic N) is 5. The smallest absolute Gasteiger partial charge is 0.394 e. The molecule has 0 unspecified atom stereocenters. The van der Waals surface area contributed by atoms with Gasteiger partial charge >= 0.3 is 18.2 Å². The van der Waals surface area contributed by atoms with E-state index < -0.39 is 43.1 Å². The van der Waals surface area contributed by atoms with Crippen molar-refractivity contribution in [3.8, 4) is 11.4 Å². The maximum absolute atomic E-state index is 13.1. The van der Waals surface area contributed by atoms with E-state index in [2.05, 4.69) is 20.8 Å². The molecule has 0 aliphatic carbocycles. The van der Waals surface area contributed by atoms with Crippen LogP contribution in [0.25, 0.3) is 11.4 Å². The van der Waals surface area contributed by atoms with Crippen molar-refractivity contribution in [2.75, 3.05) is 18.4 Å². The molecule has 0 bridgehead atoms. The molecule has 1 aromatic carbocycles. The highest BCUT2D eigenvalue weighted by atomic mass is 19.4. The van der Waals surface area contributed by atoms with E-state index in [-0.39, 0.29) is 0 Å². The molecule has 2 heterocycles. The third kappa shape index (κ3) is 3.89. The lowest BCUT2D eigenvalue weighted by Crippen LogP contribution is -2.35. The average molecular weight is 398 g/mol. The number of carboxylic acid groups (broad SMARTS) is 1. The number of carboxylic acids is 1. The lowest BCUT2D eigenvalue weighted by atomic mass is 9.96. The number of halogens is 3. The summed E-state index contributed by atoms with van der Waals surface area (Å²) in [4.78, 5) is 24.4. The minimum atomic E-state index is -4.70. The molecule has 3 rings (SSSR count). The summed E-state index contributed by atoms with van der Waals surface area (Å²) in [5, 5.41) is 22.9. The van der Waals surface area contributed by atoms with Gasteiger partial charge in [0.2, 0.25) is 0 Å². The van der Waals surface area contributed by atoms with Crippen LogP contribution in [0, 0.1) is 11.8 Å². The summed E-state index contributed by atoms with van der Waals surface area (Å²) >= 11 is 0. The number of amides is 2. The summed E-state index contributed by atoms with van der Waals surface area (Å²) in [6.45, 7) is 1.16. The lowest BCUT2D eigenvalue weighted by molar-refractivity contribution is -0.187. The fourth-order valence-electron chi connectivity index (χ4n) is 3.11. The van der Waals surface area contributed by atoms with E-state index in [4.69, 9.17) is 5.11 Å². The fraction of sp³-hybridized carbons (Fsp3) is 0.438. The van der Waals surface area contributed by atoms with Crippen LogP contribution in [0.5, 0.6) is 0 Å². The topological polar surface area (TPSA) is 113 Å². The summed E-state index contributed by atoms with van der Waals surface area (Å²) in [5.74, 6) is -4.89. The van der Waals surface area contributed by atoms with Crippen LogP contribution in [-0.4, -0.2) is 61.5 Å². The number of anilines is 1. The number of aliphatic carboxylic acids is 1. The Hall–Kier alpha value is -3.18. The van der Waals surface area contributed by atoms with Crippen molar-refractivity contribution in [1.29, 1.82) is 0 Å². The number of nitrogens with one attached hydrogen (secondary N) is 1. The molecule has 0 radical (unpaired) electrons. The zero-order valence-electron chi connectivity index (χ0n) is 14.7. The van der Waals surface area contributed by atoms with Gasteiger partial charge in [0.05, 0.1) is 11.8 Å². The molecule has 12 heteroatoms. The molecule has 2 N–H and O–H groups in total. The third-order valence-corrected chi connectivity index (χ3v) is 4.55. The van der Waals surface area contributed by atoms with Gasteiger partial charge in [-0.05, 0) is 29.5 Å². The number of carbonyl (C=O) groups excluding carboxylic acids is 1. The van der Waals surface area contributed by atoms with Gasteiger partial charge in [-0.3, -0.25) is 4.79 Å². The monoisotopic (exact) mass is 398 g/mol. The maximum atomic E-state index is 13.1. The molecular formula is C16H17F3N6O3. The largest absolute Gasteiger partial charge is 0.481 e.